The van der Waals surface area contributed by atoms with Crippen LogP contribution in [0.2, 0.25) is 0 Å². The minimum atomic E-state index is -0.595. The molecule has 2 heterocycles. The predicted octanol–water partition coefficient (Wildman–Crippen LogP) is 2.80. The molecule has 3 aromatic rings. The van der Waals surface area contributed by atoms with Gasteiger partial charge >= 0.3 is 0 Å². The summed E-state index contributed by atoms with van der Waals surface area (Å²) in [5, 5.41) is 11.0. The molecule has 1 aromatic carbocycles. The number of hydrogen-bond donors (Lipinski definition) is 4. The Bertz CT molecular complexity index is 1080. The second-order valence-corrected chi connectivity index (χ2v) is 8.03. The minimum Gasteiger partial charge on any atom is -0.365 e. The molecular formula is C22H28N8O. The van der Waals surface area contributed by atoms with Gasteiger partial charge in [-0.3, -0.25) is 4.79 Å². The third-order valence-electron chi connectivity index (χ3n) is 5.57. The molecule has 9 nitrogen and oxygen atoms in total. The van der Waals surface area contributed by atoms with E-state index in [1.807, 2.05) is 48.9 Å². The van der Waals surface area contributed by atoms with Crippen molar-refractivity contribution in [2.24, 2.45) is 11.5 Å². The van der Waals surface area contributed by atoms with E-state index >= 15 is 0 Å². The molecule has 2 aromatic heterocycles. The van der Waals surface area contributed by atoms with Gasteiger partial charge in [0.05, 0.1) is 11.4 Å². The van der Waals surface area contributed by atoms with Crippen LogP contribution in [0.5, 0.6) is 0 Å². The molecule has 1 fully saturated rings. The summed E-state index contributed by atoms with van der Waals surface area (Å²) in [7, 11) is 0. The summed E-state index contributed by atoms with van der Waals surface area (Å²) in [5.74, 6) is 0.185. The summed E-state index contributed by atoms with van der Waals surface area (Å²) in [5.41, 5.74) is 15.7. The van der Waals surface area contributed by atoms with Crippen LogP contribution in [0.4, 0.5) is 17.5 Å². The molecule has 0 unspecified atom stereocenters. The lowest BCUT2D eigenvalue weighted by Gasteiger charge is -2.29. The average molecular weight is 421 g/mol. The number of amides is 1. The standard InChI is InChI=1S/C22H28N8O/c1-13-11-14(2)30(29-13)16-9-7-15(8-10-16)26-21-17(20(24)31)12-25-22(28-21)27-19-6-4-3-5-18(19)23/h7-12,18-19H,3-6,23H2,1-2H3,(H2,24,31)(H2,25,26,27,28)/t18-,19+/m0/s1. The third kappa shape index (κ3) is 4.66. The van der Waals surface area contributed by atoms with Crippen molar-refractivity contribution < 1.29 is 4.79 Å². The van der Waals surface area contributed by atoms with Crippen LogP contribution in [0.1, 0.15) is 47.4 Å². The molecule has 0 aliphatic heterocycles. The Kier molecular flexibility index (Phi) is 5.85. The van der Waals surface area contributed by atoms with Gasteiger partial charge in [-0.1, -0.05) is 12.8 Å². The molecule has 0 spiro atoms. The van der Waals surface area contributed by atoms with Crippen LogP contribution >= 0.6 is 0 Å². The fourth-order valence-electron chi connectivity index (χ4n) is 3.94. The van der Waals surface area contributed by atoms with Crippen LogP contribution in [-0.4, -0.2) is 37.7 Å². The topological polar surface area (TPSA) is 137 Å². The second kappa shape index (κ2) is 8.73. The molecule has 1 aliphatic carbocycles. The number of hydrogen-bond acceptors (Lipinski definition) is 7. The number of carbonyl (C=O) groups is 1. The largest absolute Gasteiger partial charge is 0.365 e. The van der Waals surface area contributed by atoms with E-state index in [1.54, 1.807) is 0 Å². The molecule has 0 bridgehead atoms. The first kappa shape index (κ1) is 20.8. The van der Waals surface area contributed by atoms with Gasteiger partial charge in [0.25, 0.3) is 5.91 Å². The van der Waals surface area contributed by atoms with Gasteiger partial charge in [0.2, 0.25) is 5.95 Å². The van der Waals surface area contributed by atoms with Crippen LogP contribution in [0, 0.1) is 13.8 Å². The van der Waals surface area contributed by atoms with Crippen molar-refractivity contribution in [3.8, 4) is 5.69 Å². The summed E-state index contributed by atoms with van der Waals surface area (Å²) in [4.78, 5) is 20.7. The fraction of sp³-hybridized carbons (Fsp3) is 0.364. The molecule has 0 radical (unpaired) electrons. The Labute approximate surface area is 181 Å². The molecule has 1 saturated carbocycles. The molecule has 9 heteroatoms. The van der Waals surface area contributed by atoms with Gasteiger partial charge in [-0.05, 0) is 57.0 Å². The van der Waals surface area contributed by atoms with Gasteiger partial charge in [0, 0.05) is 29.7 Å². The predicted molar refractivity (Wildman–Crippen MR) is 121 cm³/mol. The third-order valence-corrected chi connectivity index (χ3v) is 5.57. The first-order chi connectivity index (χ1) is 14.9. The maximum atomic E-state index is 11.9. The molecule has 162 valence electrons. The fourth-order valence-corrected chi connectivity index (χ4v) is 3.94. The van der Waals surface area contributed by atoms with Crippen molar-refractivity contribution in [1.29, 1.82) is 0 Å². The number of rotatable bonds is 6. The van der Waals surface area contributed by atoms with Crippen LogP contribution in [0.25, 0.3) is 5.69 Å². The highest BCUT2D eigenvalue weighted by atomic mass is 16.1. The lowest BCUT2D eigenvalue weighted by molar-refractivity contribution is 0.100. The van der Waals surface area contributed by atoms with Crippen molar-refractivity contribution in [2.45, 2.75) is 51.6 Å². The zero-order valence-corrected chi connectivity index (χ0v) is 17.8. The van der Waals surface area contributed by atoms with E-state index in [1.165, 1.54) is 6.20 Å². The molecule has 1 amide bonds. The molecule has 1 aliphatic rings. The monoisotopic (exact) mass is 420 g/mol. The first-order valence-corrected chi connectivity index (χ1v) is 10.5. The molecule has 31 heavy (non-hydrogen) atoms. The van der Waals surface area contributed by atoms with E-state index in [2.05, 4.69) is 25.7 Å². The highest BCUT2D eigenvalue weighted by molar-refractivity contribution is 5.98. The lowest BCUT2D eigenvalue weighted by Crippen LogP contribution is -2.43. The Hall–Kier alpha value is -3.46. The average Bonchev–Trinajstić information content (AvgIpc) is 3.08. The Morgan fingerprint density at radius 3 is 2.55 bits per heavy atom. The van der Waals surface area contributed by atoms with Crippen LogP contribution in [-0.2, 0) is 0 Å². The van der Waals surface area contributed by atoms with Crippen molar-refractivity contribution in [2.75, 3.05) is 10.6 Å². The van der Waals surface area contributed by atoms with Gasteiger partial charge in [0.15, 0.2) is 0 Å². The van der Waals surface area contributed by atoms with Crippen molar-refractivity contribution in [3.05, 3.63) is 53.5 Å². The zero-order chi connectivity index (χ0) is 22.0. The number of nitrogens with two attached hydrogens (primary N) is 2. The highest BCUT2D eigenvalue weighted by Crippen LogP contribution is 2.24. The first-order valence-electron chi connectivity index (χ1n) is 10.5. The lowest BCUT2D eigenvalue weighted by atomic mass is 9.91. The summed E-state index contributed by atoms with van der Waals surface area (Å²) in [6.45, 7) is 3.98. The minimum absolute atomic E-state index is 0.0616. The van der Waals surface area contributed by atoms with Gasteiger partial charge in [0.1, 0.15) is 11.4 Å². The number of carbonyl (C=O) groups excluding carboxylic acids is 1. The number of nitrogens with zero attached hydrogens (tertiary/aromatic N) is 4. The molecule has 6 N–H and O–H groups in total. The Morgan fingerprint density at radius 2 is 1.90 bits per heavy atom. The number of aromatic nitrogens is 4. The molecule has 0 saturated heterocycles. The molecular weight excluding hydrogens is 392 g/mol. The second-order valence-electron chi connectivity index (χ2n) is 8.03. The number of benzene rings is 1. The maximum Gasteiger partial charge on any atom is 0.254 e. The van der Waals surface area contributed by atoms with Gasteiger partial charge in [-0.2, -0.15) is 10.1 Å². The zero-order valence-electron chi connectivity index (χ0n) is 17.8. The van der Waals surface area contributed by atoms with Crippen molar-refractivity contribution in [1.82, 2.24) is 19.7 Å². The number of nitrogens with one attached hydrogen (secondary N) is 2. The highest BCUT2D eigenvalue weighted by Gasteiger charge is 2.23. The van der Waals surface area contributed by atoms with Gasteiger partial charge in [-0.25, -0.2) is 9.67 Å². The molecule has 4 rings (SSSR count). The van der Waals surface area contributed by atoms with E-state index in [4.69, 9.17) is 11.5 Å². The maximum absolute atomic E-state index is 11.9. The number of anilines is 3. The van der Waals surface area contributed by atoms with Crippen molar-refractivity contribution >= 4 is 23.4 Å². The number of aryl methyl sites for hydroxylation is 2. The summed E-state index contributed by atoms with van der Waals surface area (Å²) >= 11 is 0. The summed E-state index contributed by atoms with van der Waals surface area (Å²) in [6, 6.07) is 9.91. The van der Waals surface area contributed by atoms with E-state index in [-0.39, 0.29) is 17.6 Å². The smallest absolute Gasteiger partial charge is 0.254 e. The van der Waals surface area contributed by atoms with Gasteiger partial charge in [-0.15, -0.1) is 0 Å². The van der Waals surface area contributed by atoms with Gasteiger partial charge < -0.3 is 22.1 Å². The summed E-state index contributed by atoms with van der Waals surface area (Å²) in [6.07, 6.45) is 5.65. The Morgan fingerprint density at radius 1 is 1.16 bits per heavy atom. The van der Waals surface area contributed by atoms with Crippen LogP contribution in [0.15, 0.2) is 36.5 Å². The van der Waals surface area contributed by atoms with Crippen LogP contribution in [0.3, 0.4) is 0 Å². The van der Waals surface area contributed by atoms with E-state index in [0.29, 0.717) is 11.8 Å². The number of primary amides is 1. The van der Waals surface area contributed by atoms with E-state index in [9.17, 15) is 4.79 Å². The van der Waals surface area contributed by atoms with Crippen molar-refractivity contribution in [3.63, 3.8) is 0 Å². The van der Waals surface area contributed by atoms with Crippen LogP contribution < -0.4 is 22.1 Å². The SMILES string of the molecule is Cc1cc(C)n(-c2ccc(Nc3nc(N[C@@H]4CCCC[C@@H]4N)ncc3C(N)=O)cc2)n1. The quantitative estimate of drug-likeness (QED) is 0.481. The Balaban J connectivity index is 1.56. The van der Waals surface area contributed by atoms with E-state index < -0.39 is 5.91 Å². The van der Waals surface area contributed by atoms with E-state index in [0.717, 1.165) is 48.4 Å². The normalized spacial score (nSPS) is 18.5. The summed E-state index contributed by atoms with van der Waals surface area (Å²) < 4.78 is 1.88. The molecule has 2 atom stereocenters.